The van der Waals surface area contributed by atoms with Gasteiger partial charge in [0.15, 0.2) is 0 Å². The molecule has 0 aliphatic carbocycles. The number of hydrogen-bond acceptors (Lipinski definition) is 3. The van der Waals surface area contributed by atoms with Gasteiger partial charge in [-0.05, 0) is 24.8 Å². The zero-order chi connectivity index (χ0) is 12.2. The fourth-order valence-corrected chi connectivity index (χ4v) is 2.01. The summed E-state index contributed by atoms with van der Waals surface area (Å²) in [6.07, 6.45) is 2.45. The maximum absolute atomic E-state index is 11.8. The molecule has 1 rings (SSSR count). The van der Waals surface area contributed by atoms with Crippen molar-refractivity contribution >= 4 is 5.91 Å². The first kappa shape index (κ1) is 13.5. The normalized spacial score (nSPS) is 17.4. The zero-order valence-corrected chi connectivity index (χ0v) is 10.4. The Morgan fingerprint density at radius 1 is 1.44 bits per heavy atom. The molecule has 0 spiro atoms. The largest absolute Gasteiger partial charge is 0.396 e. The minimum Gasteiger partial charge on any atom is -0.396 e. The minimum atomic E-state index is 0.158. The molecule has 3 N–H and O–H groups in total. The summed E-state index contributed by atoms with van der Waals surface area (Å²) in [6.45, 7) is 6.64. The SMILES string of the molecule is CC(C)(CCN)CCC(=O)N1CC(CO)C1. The summed E-state index contributed by atoms with van der Waals surface area (Å²) < 4.78 is 0. The third-order valence-corrected chi connectivity index (χ3v) is 3.40. The highest BCUT2D eigenvalue weighted by Crippen LogP contribution is 2.27. The van der Waals surface area contributed by atoms with Crippen molar-refractivity contribution < 1.29 is 9.90 Å². The van der Waals surface area contributed by atoms with Gasteiger partial charge in [0.05, 0.1) is 0 Å². The maximum Gasteiger partial charge on any atom is 0.222 e. The van der Waals surface area contributed by atoms with E-state index in [4.69, 9.17) is 10.8 Å². The van der Waals surface area contributed by atoms with Gasteiger partial charge in [-0.1, -0.05) is 13.8 Å². The highest BCUT2D eigenvalue weighted by atomic mass is 16.3. The lowest BCUT2D eigenvalue weighted by Gasteiger charge is -2.39. The molecule has 16 heavy (non-hydrogen) atoms. The molecule has 94 valence electrons. The van der Waals surface area contributed by atoms with Crippen LogP contribution >= 0.6 is 0 Å². The fraction of sp³-hybridized carbons (Fsp3) is 0.917. The van der Waals surface area contributed by atoms with Gasteiger partial charge < -0.3 is 15.7 Å². The van der Waals surface area contributed by atoms with Crippen molar-refractivity contribution in [2.45, 2.75) is 33.1 Å². The van der Waals surface area contributed by atoms with Crippen LogP contribution in [0.2, 0.25) is 0 Å². The number of nitrogens with zero attached hydrogens (tertiary/aromatic N) is 1. The van der Waals surface area contributed by atoms with Gasteiger partial charge in [0.2, 0.25) is 5.91 Å². The Bertz CT molecular complexity index is 235. The van der Waals surface area contributed by atoms with Crippen LogP contribution in [-0.2, 0) is 4.79 Å². The number of aliphatic hydroxyl groups is 1. The Labute approximate surface area is 97.8 Å². The van der Waals surface area contributed by atoms with Gasteiger partial charge >= 0.3 is 0 Å². The van der Waals surface area contributed by atoms with E-state index in [1.54, 1.807) is 0 Å². The van der Waals surface area contributed by atoms with Gasteiger partial charge in [-0.3, -0.25) is 4.79 Å². The average molecular weight is 228 g/mol. The molecule has 1 saturated heterocycles. The van der Waals surface area contributed by atoms with Crippen molar-refractivity contribution in [2.24, 2.45) is 17.1 Å². The summed E-state index contributed by atoms with van der Waals surface area (Å²) in [5.41, 5.74) is 5.69. The van der Waals surface area contributed by atoms with Crippen LogP contribution in [0.4, 0.5) is 0 Å². The van der Waals surface area contributed by atoms with Crippen LogP contribution in [0.3, 0.4) is 0 Å². The lowest BCUT2D eigenvalue weighted by Crippen LogP contribution is -2.51. The number of carbonyl (C=O) groups is 1. The molecule has 4 nitrogen and oxygen atoms in total. The van der Waals surface area contributed by atoms with E-state index in [0.717, 1.165) is 25.9 Å². The predicted molar refractivity (Wildman–Crippen MR) is 63.8 cm³/mol. The van der Waals surface area contributed by atoms with Crippen LogP contribution in [0.15, 0.2) is 0 Å². The summed E-state index contributed by atoms with van der Waals surface area (Å²) in [4.78, 5) is 13.6. The highest BCUT2D eigenvalue weighted by molar-refractivity contribution is 5.77. The number of aliphatic hydroxyl groups excluding tert-OH is 1. The quantitative estimate of drug-likeness (QED) is 0.699. The van der Waals surface area contributed by atoms with Gasteiger partial charge in [-0.2, -0.15) is 0 Å². The van der Waals surface area contributed by atoms with E-state index in [-0.39, 0.29) is 17.9 Å². The third-order valence-electron chi connectivity index (χ3n) is 3.40. The van der Waals surface area contributed by atoms with Gasteiger partial charge in [-0.25, -0.2) is 0 Å². The second-order valence-electron chi connectivity index (χ2n) is 5.55. The first-order valence-electron chi connectivity index (χ1n) is 6.07. The van der Waals surface area contributed by atoms with E-state index < -0.39 is 0 Å². The van der Waals surface area contributed by atoms with E-state index >= 15 is 0 Å². The Kier molecular flexibility index (Phi) is 4.74. The molecule has 0 aromatic rings. The second-order valence-corrected chi connectivity index (χ2v) is 5.55. The third kappa shape index (κ3) is 3.76. The molecule has 4 heteroatoms. The highest BCUT2D eigenvalue weighted by Gasteiger charge is 2.30. The molecule has 1 fully saturated rings. The standard InChI is InChI=1S/C12H24N2O2/c1-12(2,5-6-13)4-3-11(16)14-7-10(8-14)9-15/h10,15H,3-9,13H2,1-2H3. The van der Waals surface area contributed by atoms with Crippen LogP contribution in [0.1, 0.15) is 33.1 Å². The van der Waals surface area contributed by atoms with Gasteiger partial charge in [0.25, 0.3) is 0 Å². The summed E-state index contributed by atoms with van der Waals surface area (Å²) >= 11 is 0. The van der Waals surface area contributed by atoms with Gasteiger partial charge in [0.1, 0.15) is 0 Å². The van der Waals surface area contributed by atoms with Crippen LogP contribution in [0.5, 0.6) is 0 Å². The number of amides is 1. The average Bonchev–Trinajstić information content (AvgIpc) is 2.13. The molecule has 1 aliphatic heterocycles. The van der Waals surface area contributed by atoms with Crippen molar-refractivity contribution in [3.63, 3.8) is 0 Å². The maximum atomic E-state index is 11.8. The lowest BCUT2D eigenvalue weighted by molar-refractivity contribution is -0.139. The number of rotatable bonds is 6. The number of hydrogen-bond donors (Lipinski definition) is 2. The monoisotopic (exact) mass is 228 g/mol. The topological polar surface area (TPSA) is 66.6 Å². The Balaban J connectivity index is 2.21. The number of likely N-dealkylation sites (tertiary alicyclic amines) is 1. The van der Waals surface area contributed by atoms with Crippen LogP contribution in [0.25, 0.3) is 0 Å². The first-order valence-corrected chi connectivity index (χ1v) is 6.07. The van der Waals surface area contributed by atoms with Crippen LogP contribution in [0, 0.1) is 11.3 Å². The first-order chi connectivity index (χ1) is 7.48. The number of carbonyl (C=O) groups excluding carboxylic acids is 1. The summed E-state index contributed by atoms with van der Waals surface area (Å²) in [5, 5.41) is 8.86. The van der Waals surface area contributed by atoms with Crippen molar-refractivity contribution in [1.29, 1.82) is 0 Å². The van der Waals surface area contributed by atoms with Crippen molar-refractivity contribution in [2.75, 3.05) is 26.2 Å². The Hall–Kier alpha value is -0.610. The summed E-state index contributed by atoms with van der Waals surface area (Å²) in [7, 11) is 0. The molecule has 0 aromatic heterocycles. The van der Waals surface area contributed by atoms with E-state index in [2.05, 4.69) is 13.8 Å². The molecule has 0 bridgehead atoms. The van der Waals surface area contributed by atoms with Crippen LogP contribution in [-0.4, -0.2) is 42.2 Å². The van der Waals surface area contributed by atoms with Crippen molar-refractivity contribution in [3.8, 4) is 0 Å². The van der Waals surface area contributed by atoms with E-state index in [0.29, 0.717) is 18.9 Å². The Morgan fingerprint density at radius 3 is 2.56 bits per heavy atom. The molecule has 1 heterocycles. The van der Waals surface area contributed by atoms with E-state index in [1.807, 2.05) is 4.90 Å². The number of nitrogens with two attached hydrogens (primary N) is 1. The molecule has 1 aliphatic rings. The molecule has 0 radical (unpaired) electrons. The van der Waals surface area contributed by atoms with Crippen molar-refractivity contribution in [3.05, 3.63) is 0 Å². The summed E-state index contributed by atoms with van der Waals surface area (Å²) in [5.74, 6) is 0.524. The molecular formula is C12H24N2O2. The van der Waals surface area contributed by atoms with E-state index in [1.165, 1.54) is 0 Å². The van der Waals surface area contributed by atoms with Crippen LogP contribution < -0.4 is 5.73 Å². The smallest absolute Gasteiger partial charge is 0.222 e. The Morgan fingerprint density at radius 2 is 2.06 bits per heavy atom. The molecule has 0 unspecified atom stereocenters. The minimum absolute atomic E-state index is 0.158. The fourth-order valence-electron chi connectivity index (χ4n) is 2.01. The molecular weight excluding hydrogens is 204 g/mol. The van der Waals surface area contributed by atoms with E-state index in [9.17, 15) is 4.79 Å². The molecule has 0 atom stereocenters. The van der Waals surface area contributed by atoms with Crippen molar-refractivity contribution in [1.82, 2.24) is 4.90 Å². The predicted octanol–water partition coefficient (Wildman–Crippen LogP) is 0.592. The lowest BCUT2D eigenvalue weighted by atomic mass is 9.84. The van der Waals surface area contributed by atoms with Gasteiger partial charge in [0, 0.05) is 32.0 Å². The second kappa shape index (κ2) is 5.64. The molecule has 1 amide bonds. The molecule has 0 aromatic carbocycles. The molecule has 0 saturated carbocycles. The summed E-state index contributed by atoms with van der Waals surface area (Å²) in [6, 6.07) is 0. The van der Waals surface area contributed by atoms with Gasteiger partial charge in [-0.15, -0.1) is 0 Å². The zero-order valence-electron chi connectivity index (χ0n) is 10.4.